The molecule has 28 heavy (non-hydrogen) atoms. The van der Waals surface area contributed by atoms with E-state index in [0.29, 0.717) is 18.8 Å². The molecule has 0 bridgehead atoms. The van der Waals surface area contributed by atoms with Gasteiger partial charge in [-0.05, 0) is 49.6 Å². The second-order valence-corrected chi connectivity index (χ2v) is 7.04. The number of carbonyl (C=O) groups is 2. The van der Waals surface area contributed by atoms with Gasteiger partial charge in [-0.1, -0.05) is 31.2 Å². The molecule has 0 aromatic heterocycles. The lowest BCUT2D eigenvalue weighted by molar-refractivity contribution is -0.128. The van der Waals surface area contributed by atoms with Crippen LogP contribution >= 0.6 is 0 Å². The van der Waals surface area contributed by atoms with Crippen LogP contribution in [0.4, 0.5) is 11.4 Å². The molecular weight excluding hydrogens is 354 g/mol. The van der Waals surface area contributed by atoms with Crippen LogP contribution in [0, 0.1) is 13.8 Å². The number of fused-ring (bicyclic) bond motifs is 1. The van der Waals surface area contributed by atoms with Gasteiger partial charge < -0.3 is 20.3 Å². The Morgan fingerprint density at radius 3 is 2.71 bits per heavy atom. The van der Waals surface area contributed by atoms with Crippen LogP contribution in [0.15, 0.2) is 42.5 Å². The predicted molar refractivity (Wildman–Crippen MR) is 111 cm³/mol. The van der Waals surface area contributed by atoms with Crippen molar-refractivity contribution >= 4 is 23.2 Å². The van der Waals surface area contributed by atoms with Crippen molar-refractivity contribution in [3.63, 3.8) is 0 Å². The largest absolute Gasteiger partial charge is 0.477 e. The van der Waals surface area contributed by atoms with Crippen molar-refractivity contribution in [1.82, 2.24) is 5.32 Å². The fourth-order valence-electron chi connectivity index (χ4n) is 3.20. The highest BCUT2D eigenvalue weighted by molar-refractivity contribution is 5.95. The van der Waals surface area contributed by atoms with E-state index in [1.165, 1.54) is 0 Å². The maximum absolute atomic E-state index is 12.7. The molecule has 0 fully saturated rings. The molecule has 2 amide bonds. The molecule has 0 saturated carbocycles. The summed E-state index contributed by atoms with van der Waals surface area (Å²) in [5.74, 6) is 0.333. The molecule has 1 aliphatic rings. The minimum absolute atomic E-state index is 0.127. The molecule has 0 saturated heterocycles. The van der Waals surface area contributed by atoms with Gasteiger partial charge in [0.05, 0.1) is 18.8 Å². The molecule has 0 spiro atoms. The summed E-state index contributed by atoms with van der Waals surface area (Å²) in [6.07, 6.45) is 0.215. The van der Waals surface area contributed by atoms with E-state index in [2.05, 4.69) is 10.6 Å². The van der Waals surface area contributed by atoms with E-state index in [4.69, 9.17) is 4.74 Å². The first-order valence-corrected chi connectivity index (χ1v) is 9.64. The Bertz CT molecular complexity index is 866. The van der Waals surface area contributed by atoms with Gasteiger partial charge in [0, 0.05) is 12.2 Å². The number of para-hydroxylation sites is 2. The summed E-state index contributed by atoms with van der Waals surface area (Å²) < 4.78 is 5.87. The third-order valence-corrected chi connectivity index (χ3v) is 4.92. The molecular formula is C22H27N3O3. The van der Waals surface area contributed by atoms with Crippen molar-refractivity contribution in [3.05, 3.63) is 53.6 Å². The zero-order valence-electron chi connectivity index (χ0n) is 16.6. The standard InChI is InChI=1S/C22H27N3O3/c1-4-12-23-22(27)20-13-25(18-10-5-6-11-19(18)28-20)14-21(26)24-17-9-7-8-15(2)16(17)3/h5-11,20H,4,12-14H2,1-3H3,(H,23,27)(H,24,26). The van der Waals surface area contributed by atoms with Gasteiger partial charge in [-0.25, -0.2) is 0 Å². The minimum atomic E-state index is -0.644. The lowest BCUT2D eigenvalue weighted by Crippen LogP contribution is -2.50. The number of rotatable bonds is 6. The lowest BCUT2D eigenvalue weighted by atomic mass is 10.1. The quantitative estimate of drug-likeness (QED) is 0.807. The zero-order valence-corrected chi connectivity index (χ0v) is 16.6. The first-order chi connectivity index (χ1) is 13.5. The predicted octanol–water partition coefficient (Wildman–Crippen LogP) is 3.04. The normalized spacial score (nSPS) is 15.4. The zero-order chi connectivity index (χ0) is 20.1. The minimum Gasteiger partial charge on any atom is -0.477 e. The molecule has 148 valence electrons. The highest BCUT2D eigenvalue weighted by Gasteiger charge is 2.31. The average molecular weight is 381 g/mol. The van der Waals surface area contributed by atoms with Gasteiger partial charge in [0.25, 0.3) is 5.91 Å². The van der Waals surface area contributed by atoms with Gasteiger partial charge in [0.1, 0.15) is 5.75 Å². The van der Waals surface area contributed by atoms with Crippen LogP contribution in [0.2, 0.25) is 0 Å². The van der Waals surface area contributed by atoms with Crippen LogP contribution < -0.4 is 20.3 Å². The summed E-state index contributed by atoms with van der Waals surface area (Å²) in [4.78, 5) is 27.0. The monoisotopic (exact) mass is 381 g/mol. The molecule has 6 heteroatoms. The molecule has 2 N–H and O–H groups in total. The topological polar surface area (TPSA) is 70.7 Å². The second kappa shape index (κ2) is 8.78. The van der Waals surface area contributed by atoms with Gasteiger partial charge >= 0.3 is 0 Å². The SMILES string of the molecule is CCCNC(=O)C1CN(CC(=O)Nc2cccc(C)c2C)c2ccccc2O1. The Kier molecular flexibility index (Phi) is 6.19. The third kappa shape index (κ3) is 4.44. The van der Waals surface area contributed by atoms with Crippen molar-refractivity contribution in [3.8, 4) is 5.75 Å². The lowest BCUT2D eigenvalue weighted by Gasteiger charge is -2.35. The van der Waals surface area contributed by atoms with E-state index in [0.717, 1.165) is 28.9 Å². The highest BCUT2D eigenvalue weighted by Crippen LogP contribution is 2.33. The second-order valence-electron chi connectivity index (χ2n) is 7.04. The van der Waals surface area contributed by atoms with Crippen molar-refractivity contribution in [2.75, 3.05) is 29.9 Å². The number of carbonyl (C=O) groups excluding carboxylic acids is 2. The van der Waals surface area contributed by atoms with E-state index in [9.17, 15) is 9.59 Å². The van der Waals surface area contributed by atoms with E-state index < -0.39 is 6.10 Å². The number of anilines is 2. The Hall–Kier alpha value is -3.02. The number of nitrogens with zero attached hydrogens (tertiary/aromatic N) is 1. The summed E-state index contributed by atoms with van der Waals surface area (Å²) in [5, 5.41) is 5.85. The molecule has 3 rings (SSSR count). The summed E-state index contributed by atoms with van der Waals surface area (Å²) in [5.41, 5.74) is 3.80. The number of benzene rings is 2. The van der Waals surface area contributed by atoms with Crippen LogP contribution in [0.3, 0.4) is 0 Å². The van der Waals surface area contributed by atoms with Gasteiger partial charge in [0.15, 0.2) is 6.10 Å². The Morgan fingerprint density at radius 1 is 1.14 bits per heavy atom. The molecule has 1 heterocycles. The molecule has 1 unspecified atom stereocenters. The first-order valence-electron chi connectivity index (χ1n) is 9.64. The van der Waals surface area contributed by atoms with Crippen LogP contribution in [0.25, 0.3) is 0 Å². The average Bonchev–Trinajstić information content (AvgIpc) is 2.69. The van der Waals surface area contributed by atoms with Crippen LogP contribution in [-0.4, -0.2) is 37.6 Å². The highest BCUT2D eigenvalue weighted by atomic mass is 16.5. The first kappa shape index (κ1) is 19.7. The molecule has 1 atom stereocenters. The Balaban J connectivity index is 1.74. The van der Waals surface area contributed by atoms with Crippen LogP contribution in [0.1, 0.15) is 24.5 Å². The van der Waals surface area contributed by atoms with E-state index >= 15 is 0 Å². The third-order valence-electron chi connectivity index (χ3n) is 4.92. The molecule has 1 aliphatic heterocycles. The Morgan fingerprint density at radius 2 is 1.93 bits per heavy atom. The maximum atomic E-state index is 12.7. The summed E-state index contributed by atoms with van der Waals surface area (Å²) in [6, 6.07) is 13.3. The summed E-state index contributed by atoms with van der Waals surface area (Å²) >= 11 is 0. The number of ether oxygens (including phenoxy) is 1. The van der Waals surface area contributed by atoms with Crippen LogP contribution in [-0.2, 0) is 9.59 Å². The van der Waals surface area contributed by atoms with E-state index in [1.807, 2.05) is 68.1 Å². The van der Waals surface area contributed by atoms with Crippen molar-refractivity contribution in [1.29, 1.82) is 0 Å². The van der Waals surface area contributed by atoms with Crippen molar-refractivity contribution in [2.45, 2.75) is 33.3 Å². The molecule has 0 aliphatic carbocycles. The number of amides is 2. The number of aryl methyl sites for hydroxylation is 1. The Labute approximate surface area is 165 Å². The van der Waals surface area contributed by atoms with Crippen molar-refractivity contribution in [2.24, 2.45) is 0 Å². The van der Waals surface area contributed by atoms with Gasteiger partial charge in [-0.3, -0.25) is 9.59 Å². The van der Waals surface area contributed by atoms with Crippen molar-refractivity contribution < 1.29 is 14.3 Å². The molecule has 6 nitrogen and oxygen atoms in total. The van der Waals surface area contributed by atoms with Crippen LogP contribution in [0.5, 0.6) is 5.75 Å². The maximum Gasteiger partial charge on any atom is 0.262 e. The fraction of sp³-hybridized carbons (Fsp3) is 0.364. The summed E-state index contributed by atoms with van der Waals surface area (Å²) in [6.45, 7) is 7.08. The van der Waals surface area contributed by atoms with Gasteiger partial charge in [-0.15, -0.1) is 0 Å². The number of hydrogen-bond acceptors (Lipinski definition) is 4. The molecule has 2 aromatic rings. The fourth-order valence-corrected chi connectivity index (χ4v) is 3.20. The smallest absolute Gasteiger partial charge is 0.262 e. The summed E-state index contributed by atoms with van der Waals surface area (Å²) in [7, 11) is 0. The molecule has 2 aromatic carbocycles. The van der Waals surface area contributed by atoms with E-state index in [-0.39, 0.29) is 18.4 Å². The molecule has 0 radical (unpaired) electrons. The van der Waals surface area contributed by atoms with Gasteiger partial charge in [0.2, 0.25) is 5.91 Å². The number of nitrogens with one attached hydrogen (secondary N) is 2. The number of hydrogen-bond donors (Lipinski definition) is 2. The van der Waals surface area contributed by atoms with Gasteiger partial charge in [-0.2, -0.15) is 0 Å². The van der Waals surface area contributed by atoms with E-state index in [1.54, 1.807) is 0 Å².